The van der Waals surface area contributed by atoms with Gasteiger partial charge in [-0.15, -0.1) is 0 Å². The van der Waals surface area contributed by atoms with E-state index in [1.54, 1.807) is 36.5 Å². The van der Waals surface area contributed by atoms with E-state index in [1.165, 1.54) is 24.9 Å². The number of ether oxygens (including phenoxy) is 2. The summed E-state index contributed by atoms with van der Waals surface area (Å²) in [5.41, 5.74) is 0.608. The second kappa shape index (κ2) is 8.88. The molecule has 0 saturated heterocycles. The summed E-state index contributed by atoms with van der Waals surface area (Å²) in [6.45, 7) is -0.218. The van der Waals surface area contributed by atoms with E-state index in [4.69, 9.17) is 14.0 Å². The Morgan fingerprint density at radius 3 is 2.53 bits per heavy atom. The number of benzene rings is 2. The summed E-state index contributed by atoms with van der Waals surface area (Å²) in [7, 11) is 3.06. The van der Waals surface area contributed by atoms with Gasteiger partial charge in [0.15, 0.2) is 11.5 Å². The van der Waals surface area contributed by atoms with Crippen LogP contribution in [0.2, 0.25) is 0 Å². The van der Waals surface area contributed by atoms with Crippen LogP contribution in [-0.4, -0.2) is 34.8 Å². The number of amides is 1. The molecule has 32 heavy (non-hydrogen) atoms. The number of anilines is 1. The fourth-order valence-corrected chi connectivity index (χ4v) is 3.12. The molecule has 0 unspecified atom stereocenters. The van der Waals surface area contributed by atoms with E-state index in [0.29, 0.717) is 28.6 Å². The van der Waals surface area contributed by atoms with Crippen LogP contribution in [0.15, 0.2) is 59.3 Å². The number of hydrogen-bond acceptors (Lipinski definition) is 6. The van der Waals surface area contributed by atoms with Crippen molar-refractivity contribution >= 4 is 11.6 Å². The van der Waals surface area contributed by atoms with E-state index in [1.807, 2.05) is 0 Å². The van der Waals surface area contributed by atoms with Crippen molar-refractivity contribution in [1.29, 1.82) is 0 Å². The summed E-state index contributed by atoms with van der Waals surface area (Å²) in [5.74, 6) is -0.782. The zero-order valence-corrected chi connectivity index (χ0v) is 17.1. The number of halogens is 2. The summed E-state index contributed by atoms with van der Waals surface area (Å²) in [4.78, 5) is 16.8. The molecule has 164 valence electrons. The minimum Gasteiger partial charge on any atom is -0.493 e. The Bertz CT molecular complexity index is 1250. The van der Waals surface area contributed by atoms with Crippen LogP contribution in [0.4, 0.5) is 14.5 Å². The molecule has 0 bridgehead atoms. The number of rotatable bonds is 7. The first-order valence-electron chi connectivity index (χ1n) is 9.45. The Labute approximate surface area is 181 Å². The fraction of sp³-hybridized carbons (Fsp3) is 0.136. The molecule has 4 rings (SSSR count). The minimum absolute atomic E-state index is 0.171. The van der Waals surface area contributed by atoms with Crippen LogP contribution in [0, 0.1) is 11.6 Å². The topological polar surface area (TPSA) is 91.4 Å². The number of nitrogens with one attached hydrogen (secondary N) is 1. The zero-order chi connectivity index (χ0) is 22.7. The van der Waals surface area contributed by atoms with Crippen molar-refractivity contribution in [1.82, 2.24) is 14.7 Å². The van der Waals surface area contributed by atoms with Gasteiger partial charge in [0.2, 0.25) is 11.7 Å². The average molecular weight is 440 g/mol. The Morgan fingerprint density at radius 2 is 1.81 bits per heavy atom. The van der Waals surface area contributed by atoms with E-state index in [-0.39, 0.29) is 12.4 Å². The van der Waals surface area contributed by atoms with Crippen LogP contribution >= 0.6 is 0 Å². The van der Waals surface area contributed by atoms with Crippen molar-refractivity contribution in [3.05, 3.63) is 66.4 Å². The quantitative estimate of drug-likeness (QED) is 0.465. The molecule has 0 saturated carbocycles. The number of carbonyl (C=O) groups excluding carboxylic acids is 1. The highest BCUT2D eigenvalue weighted by atomic mass is 19.1. The summed E-state index contributed by atoms with van der Waals surface area (Å²) in [6, 6.07) is 11.9. The lowest BCUT2D eigenvalue weighted by Gasteiger charge is -2.09. The number of hydrogen-bond donors (Lipinski definition) is 1. The lowest BCUT2D eigenvalue weighted by molar-refractivity contribution is -0.116. The second-order valence-corrected chi connectivity index (χ2v) is 6.66. The van der Waals surface area contributed by atoms with Crippen molar-refractivity contribution in [3.63, 3.8) is 0 Å². The highest BCUT2D eigenvalue weighted by Crippen LogP contribution is 2.32. The maximum atomic E-state index is 13.8. The van der Waals surface area contributed by atoms with Crippen LogP contribution in [0.1, 0.15) is 0 Å². The Kier molecular flexibility index (Phi) is 5.84. The number of carbonyl (C=O) groups is 1. The monoisotopic (exact) mass is 440 g/mol. The smallest absolute Gasteiger partial charge is 0.274 e. The molecule has 2 aromatic heterocycles. The van der Waals surface area contributed by atoms with Crippen molar-refractivity contribution in [2.45, 2.75) is 6.54 Å². The predicted octanol–water partition coefficient (Wildman–Crippen LogP) is 4.14. The largest absolute Gasteiger partial charge is 0.493 e. The Balaban J connectivity index is 1.54. The molecule has 0 aliphatic rings. The van der Waals surface area contributed by atoms with Crippen LogP contribution in [-0.2, 0) is 11.3 Å². The normalized spacial score (nSPS) is 10.8. The van der Waals surface area contributed by atoms with Crippen LogP contribution in [0.25, 0.3) is 23.0 Å². The van der Waals surface area contributed by atoms with Gasteiger partial charge < -0.3 is 23.9 Å². The van der Waals surface area contributed by atoms with Gasteiger partial charge in [0, 0.05) is 11.8 Å². The molecule has 2 heterocycles. The molecule has 0 radical (unpaired) electrons. The number of nitrogens with zero attached hydrogens (tertiary/aromatic N) is 3. The number of para-hydroxylation sites is 1. The third-order valence-electron chi connectivity index (χ3n) is 4.66. The standard InChI is InChI=1S/C22H18F2N4O4/c1-30-17-9-8-13(11-18(17)31-2)21-26-22(32-27-21)16-7-4-10-28(16)12-19(29)25-20-14(23)5-3-6-15(20)24/h3-11H,12H2,1-2H3,(H,25,29). The molecule has 4 aromatic rings. The lowest BCUT2D eigenvalue weighted by Crippen LogP contribution is -2.20. The van der Waals surface area contributed by atoms with Crippen LogP contribution in [0.3, 0.4) is 0 Å². The predicted molar refractivity (Wildman–Crippen MR) is 111 cm³/mol. The molecule has 2 aromatic carbocycles. The van der Waals surface area contributed by atoms with E-state index in [0.717, 1.165) is 12.1 Å². The molecule has 0 spiro atoms. The van der Waals surface area contributed by atoms with Crippen molar-refractivity contribution in [2.24, 2.45) is 0 Å². The van der Waals surface area contributed by atoms with Gasteiger partial charge in [-0.2, -0.15) is 4.98 Å². The molecular formula is C22H18F2N4O4. The van der Waals surface area contributed by atoms with Crippen LogP contribution in [0.5, 0.6) is 11.5 Å². The van der Waals surface area contributed by atoms with E-state index in [9.17, 15) is 13.6 Å². The van der Waals surface area contributed by atoms with E-state index in [2.05, 4.69) is 15.5 Å². The van der Waals surface area contributed by atoms with Gasteiger partial charge >= 0.3 is 0 Å². The molecule has 8 nitrogen and oxygen atoms in total. The summed E-state index contributed by atoms with van der Waals surface area (Å²) >= 11 is 0. The van der Waals surface area contributed by atoms with Gasteiger partial charge in [-0.25, -0.2) is 8.78 Å². The minimum atomic E-state index is -0.859. The molecule has 1 amide bonds. The van der Waals surface area contributed by atoms with Gasteiger partial charge in [0.05, 0.1) is 14.2 Å². The van der Waals surface area contributed by atoms with Gasteiger partial charge in [-0.05, 0) is 42.5 Å². The van der Waals surface area contributed by atoms with Crippen molar-refractivity contribution in [2.75, 3.05) is 19.5 Å². The molecular weight excluding hydrogens is 422 g/mol. The summed E-state index contributed by atoms with van der Waals surface area (Å²) in [6.07, 6.45) is 1.62. The molecule has 0 aliphatic carbocycles. The average Bonchev–Trinajstić information content (AvgIpc) is 3.45. The Hall–Kier alpha value is -4.21. The molecule has 0 fully saturated rings. The van der Waals surface area contributed by atoms with E-state index >= 15 is 0 Å². The molecule has 10 heteroatoms. The van der Waals surface area contributed by atoms with Gasteiger partial charge in [-0.1, -0.05) is 11.2 Å². The third-order valence-corrected chi connectivity index (χ3v) is 4.66. The Morgan fingerprint density at radius 1 is 1.06 bits per heavy atom. The number of methoxy groups -OCH3 is 2. The molecule has 1 N–H and O–H groups in total. The zero-order valence-electron chi connectivity index (χ0n) is 17.1. The van der Waals surface area contributed by atoms with Gasteiger partial charge in [-0.3, -0.25) is 4.79 Å². The highest BCUT2D eigenvalue weighted by Gasteiger charge is 2.18. The SMILES string of the molecule is COc1ccc(-c2noc(-c3cccn3CC(=O)Nc3c(F)cccc3F)n2)cc1OC. The first-order valence-corrected chi connectivity index (χ1v) is 9.45. The highest BCUT2D eigenvalue weighted by molar-refractivity contribution is 5.91. The number of aromatic nitrogens is 3. The molecule has 0 atom stereocenters. The first kappa shape index (κ1) is 21.0. The third kappa shape index (κ3) is 4.15. The first-order chi connectivity index (χ1) is 15.5. The summed E-state index contributed by atoms with van der Waals surface area (Å²) in [5, 5.41) is 6.24. The van der Waals surface area contributed by atoms with Crippen molar-refractivity contribution < 1.29 is 27.6 Å². The lowest BCUT2D eigenvalue weighted by atomic mass is 10.2. The second-order valence-electron chi connectivity index (χ2n) is 6.66. The molecule has 0 aliphatic heterocycles. The van der Waals surface area contributed by atoms with Gasteiger partial charge in [0.25, 0.3) is 5.89 Å². The maximum absolute atomic E-state index is 13.8. The fourth-order valence-electron chi connectivity index (χ4n) is 3.12. The summed E-state index contributed by atoms with van der Waals surface area (Å²) < 4.78 is 45.0. The van der Waals surface area contributed by atoms with Crippen LogP contribution < -0.4 is 14.8 Å². The van der Waals surface area contributed by atoms with Crippen molar-refractivity contribution in [3.8, 4) is 34.5 Å². The van der Waals surface area contributed by atoms with E-state index < -0.39 is 23.2 Å². The van der Waals surface area contributed by atoms with Gasteiger partial charge in [0.1, 0.15) is 29.6 Å². The maximum Gasteiger partial charge on any atom is 0.274 e.